The molecule has 1 aliphatic carbocycles. The number of anilines is 3. The smallest absolute Gasteiger partial charge is 0.0697 e. The lowest BCUT2D eigenvalue weighted by atomic mass is 9.82. The van der Waals surface area contributed by atoms with E-state index in [2.05, 4.69) is 197 Å². The van der Waals surface area contributed by atoms with Gasteiger partial charge < -0.3 is 9.47 Å². The Labute approximate surface area is 302 Å². The van der Waals surface area contributed by atoms with Gasteiger partial charge in [-0.2, -0.15) is 0 Å². The monoisotopic (exact) mass is 669 g/mol. The molecule has 0 amide bonds. The van der Waals surface area contributed by atoms with Gasteiger partial charge in [0.05, 0.1) is 29.1 Å². The van der Waals surface area contributed by atoms with Crippen LogP contribution in [0.2, 0.25) is 0 Å². The number of para-hydroxylation sites is 2. The van der Waals surface area contributed by atoms with Crippen molar-refractivity contribution >= 4 is 38.9 Å². The summed E-state index contributed by atoms with van der Waals surface area (Å²) in [5.74, 6) is 0. The molecule has 0 saturated carbocycles. The molecule has 0 N–H and O–H groups in total. The first-order valence-corrected chi connectivity index (χ1v) is 17.7. The maximum atomic E-state index is 4.19. The molecule has 0 fully saturated rings. The lowest BCUT2D eigenvalue weighted by Crippen LogP contribution is -2.16. The van der Waals surface area contributed by atoms with E-state index in [-0.39, 0.29) is 5.41 Å². The van der Waals surface area contributed by atoms with Crippen molar-refractivity contribution in [3.63, 3.8) is 0 Å². The highest BCUT2D eigenvalue weighted by Crippen LogP contribution is 2.50. The zero-order valence-corrected chi connectivity index (χ0v) is 29.0. The van der Waals surface area contributed by atoms with E-state index in [1.165, 1.54) is 60.9 Å². The van der Waals surface area contributed by atoms with Crippen molar-refractivity contribution in [3.8, 4) is 33.6 Å². The van der Waals surface area contributed by atoms with Crippen LogP contribution in [0.15, 0.2) is 176 Å². The van der Waals surface area contributed by atoms with Gasteiger partial charge in [0.15, 0.2) is 0 Å². The van der Waals surface area contributed by atoms with E-state index < -0.39 is 0 Å². The molecule has 0 radical (unpaired) electrons. The normalized spacial score (nSPS) is 13.0. The molecular weight excluding hydrogens is 635 g/mol. The molecule has 0 unspecified atom stereocenters. The Bertz CT molecular complexity index is 2740. The molecule has 0 aliphatic heterocycles. The van der Waals surface area contributed by atoms with E-state index in [9.17, 15) is 0 Å². The van der Waals surface area contributed by atoms with Crippen LogP contribution in [-0.2, 0) is 5.41 Å². The molecular formula is C47H35N5. The Balaban J connectivity index is 1.07. The largest absolute Gasteiger partial charge is 0.310 e. The number of benzene rings is 7. The van der Waals surface area contributed by atoms with Crippen molar-refractivity contribution in [3.05, 3.63) is 187 Å². The first-order valence-electron chi connectivity index (χ1n) is 17.7. The van der Waals surface area contributed by atoms with Crippen LogP contribution in [0.5, 0.6) is 0 Å². The minimum absolute atomic E-state index is 0.101. The summed E-state index contributed by atoms with van der Waals surface area (Å²) < 4.78 is 4.14. The number of aromatic nitrogens is 4. The molecule has 248 valence electrons. The van der Waals surface area contributed by atoms with Crippen LogP contribution in [0.3, 0.4) is 0 Å². The van der Waals surface area contributed by atoms with Gasteiger partial charge in [0.1, 0.15) is 0 Å². The van der Waals surface area contributed by atoms with E-state index in [1.54, 1.807) is 10.9 Å². The molecule has 0 saturated heterocycles. The molecule has 10 rings (SSSR count). The summed E-state index contributed by atoms with van der Waals surface area (Å²) in [4.78, 5) is 2.35. The second kappa shape index (κ2) is 11.7. The predicted molar refractivity (Wildman–Crippen MR) is 213 cm³/mol. The van der Waals surface area contributed by atoms with Crippen LogP contribution < -0.4 is 4.90 Å². The third-order valence-electron chi connectivity index (χ3n) is 10.8. The summed E-state index contributed by atoms with van der Waals surface area (Å²) in [6, 6.07) is 59.4. The minimum Gasteiger partial charge on any atom is -0.310 e. The fourth-order valence-corrected chi connectivity index (χ4v) is 8.19. The van der Waals surface area contributed by atoms with Crippen molar-refractivity contribution in [2.45, 2.75) is 19.3 Å². The van der Waals surface area contributed by atoms with Gasteiger partial charge in [0.2, 0.25) is 0 Å². The molecule has 2 aromatic heterocycles. The summed E-state index contributed by atoms with van der Waals surface area (Å²) in [7, 11) is 0. The van der Waals surface area contributed by atoms with Crippen LogP contribution in [-0.4, -0.2) is 19.6 Å². The van der Waals surface area contributed by atoms with Gasteiger partial charge in [-0.1, -0.05) is 104 Å². The third-order valence-corrected chi connectivity index (χ3v) is 10.8. The van der Waals surface area contributed by atoms with Gasteiger partial charge >= 0.3 is 0 Å². The molecule has 0 bridgehead atoms. The maximum Gasteiger partial charge on any atom is 0.0697 e. The van der Waals surface area contributed by atoms with Gasteiger partial charge in [0.25, 0.3) is 0 Å². The number of hydrogen-bond acceptors (Lipinski definition) is 3. The van der Waals surface area contributed by atoms with Crippen LogP contribution in [0.4, 0.5) is 17.1 Å². The van der Waals surface area contributed by atoms with Crippen molar-refractivity contribution < 1.29 is 0 Å². The van der Waals surface area contributed by atoms with Gasteiger partial charge in [-0.15, -0.1) is 5.10 Å². The lowest BCUT2D eigenvalue weighted by Gasteiger charge is -2.28. The highest BCUT2D eigenvalue weighted by atomic mass is 15.4. The van der Waals surface area contributed by atoms with Crippen LogP contribution >= 0.6 is 0 Å². The van der Waals surface area contributed by atoms with Crippen LogP contribution in [0.1, 0.15) is 25.0 Å². The standard InChI is InChI=1S/C47H35N5/c1-47(2)43-14-8-6-12-39(43)40-26-25-38(31-44(40)47)51(37-23-21-34(22-24-37)50-29-28-48-49-50)36-19-16-32(17-20-36)33-18-27-46-42(30-33)41-13-7-9-15-45(41)52(46)35-10-4-3-5-11-35/h3-31H,1-2H3. The molecule has 9 aromatic rings. The summed E-state index contributed by atoms with van der Waals surface area (Å²) in [5, 5.41) is 10.7. The zero-order valence-electron chi connectivity index (χ0n) is 29.0. The summed E-state index contributed by atoms with van der Waals surface area (Å²) in [5.41, 5.74) is 15.4. The summed E-state index contributed by atoms with van der Waals surface area (Å²) in [6.45, 7) is 4.67. The second-order valence-electron chi connectivity index (χ2n) is 14.1. The Kier molecular flexibility index (Phi) is 6.77. The first-order chi connectivity index (χ1) is 25.5. The minimum atomic E-state index is -0.101. The Morgan fingerprint density at radius 1 is 0.500 bits per heavy atom. The quantitative estimate of drug-likeness (QED) is 0.177. The Morgan fingerprint density at radius 2 is 1.15 bits per heavy atom. The number of rotatable bonds is 6. The molecule has 1 aliphatic rings. The van der Waals surface area contributed by atoms with E-state index in [0.717, 1.165) is 22.7 Å². The average Bonchev–Trinajstić information content (AvgIpc) is 3.91. The van der Waals surface area contributed by atoms with E-state index in [0.29, 0.717) is 0 Å². The molecule has 0 atom stereocenters. The first kappa shape index (κ1) is 30.1. The lowest BCUT2D eigenvalue weighted by molar-refractivity contribution is 0.660. The Morgan fingerprint density at radius 3 is 1.94 bits per heavy atom. The second-order valence-corrected chi connectivity index (χ2v) is 14.1. The predicted octanol–water partition coefficient (Wildman–Crippen LogP) is 11.8. The molecule has 52 heavy (non-hydrogen) atoms. The summed E-state index contributed by atoms with van der Waals surface area (Å²) >= 11 is 0. The van der Waals surface area contributed by atoms with Gasteiger partial charge in [-0.3, -0.25) is 0 Å². The Hall–Kier alpha value is -6.72. The molecule has 7 aromatic carbocycles. The van der Waals surface area contributed by atoms with Crippen molar-refractivity contribution in [1.82, 2.24) is 19.6 Å². The van der Waals surface area contributed by atoms with Gasteiger partial charge in [0, 0.05) is 38.9 Å². The highest BCUT2D eigenvalue weighted by Gasteiger charge is 2.35. The fraction of sp³-hybridized carbons (Fsp3) is 0.0638. The molecule has 5 heteroatoms. The van der Waals surface area contributed by atoms with Crippen LogP contribution in [0.25, 0.3) is 55.4 Å². The van der Waals surface area contributed by atoms with E-state index >= 15 is 0 Å². The molecule has 5 nitrogen and oxygen atoms in total. The third kappa shape index (κ3) is 4.70. The zero-order chi connectivity index (χ0) is 34.8. The van der Waals surface area contributed by atoms with Gasteiger partial charge in [-0.25, -0.2) is 4.68 Å². The van der Waals surface area contributed by atoms with E-state index in [4.69, 9.17) is 0 Å². The average molecular weight is 670 g/mol. The van der Waals surface area contributed by atoms with Crippen molar-refractivity contribution in [1.29, 1.82) is 0 Å². The SMILES string of the molecule is CC1(C)c2ccccc2-c2ccc(N(c3ccc(-c4ccc5c(c4)c4ccccc4n5-c4ccccc4)cc3)c3ccc(-n4ccnn4)cc3)cc21. The number of fused-ring (bicyclic) bond motifs is 6. The topological polar surface area (TPSA) is 38.9 Å². The number of hydrogen-bond donors (Lipinski definition) is 0. The molecule has 0 spiro atoms. The highest BCUT2D eigenvalue weighted by molar-refractivity contribution is 6.10. The van der Waals surface area contributed by atoms with Crippen molar-refractivity contribution in [2.75, 3.05) is 4.90 Å². The van der Waals surface area contributed by atoms with Crippen molar-refractivity contribution in [2.24, 2.45) is 0 Å². The molecule has 2 heterocycles. The number of nitrogens with zero attached hydrogens (tertiary/aromatic N) is 5. The van der Waals surface area contributed by atoms with Gasteiger partial charge in [-0.05, 0) is 112 Å². The van der Waals surface area contributed by atoms with Crippen LogP contribution in [0, 0.1) is 0 Å². The fourth-order valence-electron chi connectivity index (χ4n) is 8.19. The van der Waals surface area contributed by atoms with E-state index in [1.807, 2.05) is 6.20 Å². The summed E-state index contributed by atoms with van der Waals surface area (Å²) in [6.07, 6.45) is 3.56. The maximum absolute atomic E-state index is 4.19.